The van der Waals surface area contributed by atoms with E-state index in [0.29, 0.717) is 26.3 Å². The molecule has 1 rings (SSSR count). The lowest BCUT2D eigenvalue weighted by molar-refractivity contribution is -0.116. The van der Waals surface area contributed by atoms with Crippen LogP contribution in [0.25, 0.3) is 0 Å². The van der Waals surface area contributed by atoms with Gasteiger partial charge < -0.3 is 4.74 Å². The van der Waals surface area contributed by atoms with Crippen LogP contribution in [-0.2, 0) is 9.53 Å². The minimum absolute atomic E-state index is 0.485. The Labute approximate surface area is 118 Å². The molecule has 0 radical (unpaired) electrons. The quantitative estimate of drug-likeness (QED) is 0.537. The number of ether oxygens (including phenoxy) is 1. The Morgan fingerprint density at radius 3 is 2.19 bits per heavy atom. The maximum absolute atomic E-state index is 11.4. The molecule has 1 aliphatic heterocycles. The van der Waals surface area contributed by atoms with Crippen molar-refractivity contribution < 1.29 is 9.53 Å². The summed E-state index contributed by atoms with van der Waals surface area (Å²) in [6, 6.07) is 0. The third-order valence-electron chi connectivity index (χ3n) is 1.78. The summed E-state index contributed by atoms with van der Waals surface area (Å²) < 4.78 is 8.24. The molecule has 0 aromatic heterocycles. The van der Waals surface area contributed by atoms with E-state index in [2.05, 4.69) is 4.74 Å². The summed E-state index contributed by atoms with van der Waals surface area (Å²) in [5.74, 6) is -3.91. The zero-order valence-electron chi connectivity index (χ0n) is 7.88. The lowest BCUT2D eigenvalue weighted by atomic mass is 10.5. The van der Waals surface area contributed by atoms with Crippen LogP contribution in [-0.4, -0.2) is 40.7 Å². The number of morpholine rings is 1. The van der Waals surface area contributed by atoms with Crippen molar-refractivity contribution in [2.45, 2.75) is 3.79 Å². The fourth-order valence-corrected chi connectivity index (χ4v) is 3.79. The van der Waals surface area contributed by atoms with Crippen molar-refractivity contribution >= 4 is 69.1 Å². The van der Waals surface area contributed by atoms with E-state index < -0.39 is 15.6 Å². The molecular weight excluding hydrogens is 340 g/mol. The summed E-state index contributed by atoms with van der Waals surface area (Å²) in [4.78, 5) is 11.4. The van der Waals surface area contributed by atoms with E-state index in [1.165, 1.54) is 0 Å². The Hall–Kier alpha value is 1.27. The van der Waals surface area contributed by atoms with E-state index in [0.717, 1.165) is 0 Å². The average molecular weight is 348 g/mol. The first-order valence-corrected chi connectivity index (χ1v) is 8.83. The molecule has 0 aromatic rings. The number of nitrogens with zero attached hydrogens (tertiary/aromatic N) is 2. The zero-order chi connectivity index (χ0) is 12.4. The van der Waals surface area contributed by atoms with Gasteiger partial charge in [-0.15, -0.1) is 0 Å². The molecule has 1 saturated heterocycles. The van der Waals surface area contributed by atoms with Gasteiger partial charge in [0.25, 0.3) is 9.70 Å². The van der Waals surface area contributed by atoms with Crippen LogP contribution in [0.1, 0.15) is 0 Å². The van der Waals surface area contributed by atoms with Gasteiger partial charge in [-0.1, -0.05) is 34.8 Å². The Morgan fingerprint density at radius 1 is 1.25 bits per heavy atom. The molecule has 10 heteroatoms. The first kappa shape index (κ1) is 15.3. The van der Waals surface area contributed by atoms with Gasteiger partial charge in [-0.25, -0.2) is 4.67 Å². The van der Waals surface area contributed by atoms with Crippen molar-refractivity contribution in [3.05, 3.63) is 0 Å². The molecular formula is C6H8Cl5N2O2P. The van der Waals surface area contributed by atoms with Gasteiger partial charge in [-0.2, -0.15) is 4.74 Å². The number of amides is 1. The SMILES string of the molecule is O=C(N=P(Cl)(Cl)N1CCOCC1)C(Cl)(Cl)Cl. The van der Waals surface area contributed by atoms with Crippen LogP contribution in [0.3, 0.4) is 0 Å². The molecule has 1 amide bonds. The minimum Gasteiger partial charge on any atom is -0.379 e. The standard InChI is InChI=1S/C6H8Cl5N2O2P/c7-6(8,9)5(14)12-16(10,11)13-1-3-15-4-2-13/h1-4H2. The summed E-state index contributed by atoms with van der Waals surface area (Å²) in [6.45, 7) is 1.96. The average Bonchev–Trinajstić information content (AvgIpc) is 2.17. The van der Waals surface area contributed by atoms with E-state index in [9.17, 15) is 4.79 Å². The lowest BCUT2D eigenvalue weighted by Crippen LogP contribution is -2.32. The maximum Gasteiger partial charge on any atom is 0.299 e. The number of hydrogen-bond donors (Lipinski definition) is 0. The fourth-order valence-electron chi connectivity index (χ4n) is 1.02. The van der Waals surface area contributed by atoms with E-state index in [1.807, 2.05) is 0 Å². The van der Waals surface area contributed by atoms with Gasteiger partial charge in [0.2, 0.25) is 5.91 Å². The predicted molar refractivity (Wildman–Crippen MR) is 68.7 cm³/mol. The van der Waals surface area contributed by atoms with Crippen LogP contribution in [0.2, 0.25) is 0 Å². The van der Waals surface area contributed by atoms with Crippen LogP contribution in [0.4, 0.5) is 0 Å². The summed E-state index contributed by atoms with van der Waals surface area (Å²) in [5.41, 5.74) is 0. The summed E-state index contributed by atoms with van der Waals surface area (Å²) in [6.07, 6.45) is 0. The van der Waals surface area contributed by atoms with Crippen LogP contribution in [0, 0.1) is 0 Å². The highest BCUT2D eigenvalue weighted by Gasteiger charge is 2.34. The first-order valence-electron chi connectivity index (χ1n) is 4.19. The van der Waals surface area contributed by atoms with Gasteiger partial charge in [0.1, 0.15) is 0 Å². The highest BCUT2D eigenvalue weighted by Crippen LogP contribution is 2.63. The van der Waals surface area contributed by atoms with Crippen LogP contribution < -0.4 is 0 Å². The highest BCUT2D eigenvalue weighted by molar-refractivity contribution is 8.08. The monoisotopic (exact) mass is 346 g/mol. The Balaban J connectivity index is 2.82. The lowest BCUT2D eigenvalue weighted by Gasteiger charge is -2.30. The van der Waals surface area contributed by atoms with E-state index in [4.69, 9.17) is 62.0 Å². The van der Waals surface area contributed by atoms with Gasteiger partial charge in [0, 0.05) is 13.1 Å². The minimum atomic E-state index is -2.95. The molecule has 0 spiro atoms. The van der Waals surface area contributed by atoms with Crippen molar-refractivity contribution in [3.8, 4) is 0 Å². The number of halogens is 5. The number of rotatable bonds is 1. The van der Waals surface area contributed by atoms with Gasteiger partial charge in [-0.3, -0.25) is 4.79 Å². The molecule has 0 unspecified atom stereocenters. The van der Waals surface area contributed by atoms with Crippen LogP contribution >= 0.6 is 63.2 Å². The number of carbonyl (C=O) groups is 1. The Morgan fingerprint density at radius 2 is 1.75 bits per heavy atom. The van der Waals surface area contributed by atoms with E-state index in [-0.39, 0.29) is 0 Å². The van der Waals surface area contributed by atoms with Gasteiger partial charge >= 0.3 is 0 Å². The molecule has 0 saturated carbocycles. The Kier molecular flexibility index (Phi) is 5.69. The topological polar surface area (TPSA) is 41.9 Å². The van der Waals surface area contributed by atoms with Crippen molar-refractivity contribution in [3.63, 3.8) is 0 Å². The first-order chi connectivity index (χ1) is 7.23. The van der Waals surface area contributed by atoms with Crippen LogP contribution in [0.15, 0.2) is 4.74 Å². The molecule has 1 fully saturated rings. The summed E-state index contributed by atoms with van der Waals surface area (Å²) in [7, 11) is 0. The van der Waals surface area contributed by atoms with Gasteiger partial charge in [-0.05, 0) is 22.5 Å². The molecule has 0 aliphatic carbocycles. The second-order valence-corrected chi connectivity index (χ2v) is 10.2. The predicted octanol–water partition coefficient (Wildman–Crippen LogP) is 3.64. The fraction of sp³-hybridized carbons (Fsp3) is 0.833. The molecule has 1 aliphatic rings. The molecule has 94 valence electrons. The molecule has 0 N–H and O–H groups in total. The van der Waals surface area contributed by atoms with E-state index in [1.54, 1.807) is 4.67 Å². The molecule has 4 nitrogen and oxygen atoms in total. The maximum atomic E-state index is 11.4. The van der Waals surface area contributed by atoms with Gasteiger partial charge in [0.05, 0.1) is 13.2 Å². The zero-order valence-corrected chi connectivity index (χ0v) is 12.6. The smallest absolute Gasteiger partial charge is 0.299 e. The molecule has 16 heavy (non-hydrogen) atoms. The number of carbonyl (C=O) groups excluding carboxylic acids is 1. The number of hydrogen-bond acceptors (Lipinski definition) is 2. The number of alkyl halides is 3. The van der Waals surface area contributed by atoms with Crippen molar-refractivity contribution in [1.29, 1.82) is 0 Å². The second-order valence-electron chi connectivity index (χ2n) is 2.92. The Bertz CT molecular complexity index is 319. The van der Waals surface area contributed by atoms with Gasteiger partial charge in [0.15, 0.2) is 0 Å². The summed E-state index contributed by atoms with van der Waals surface area (Å²) in [5, 5.41) is 0. The molecule has 0 bridgehead atoms. The highest BCUT2D eigenvalue weighted by atomic mass is 35.9. The second kappa shape index (κ2) is 5.94. The van der Waals surface area contributed by atoms with Crippen molar-refractivity contribution in [2.24, 2.45) is 4.74 Å². The largest absolute Gasteiger partial charge is 0.379 e. The van der Waals surface area contributed by atoms with Crippen molar-refractivity contribution in [2.75, 3.05) is 26.3 Å². The van der Waals surface area contributed by atoms with Crippen molar-refractivity contribution in [1.82, 2.24) is 4.67 Å². The normalized spacial score (nSPS) is 19.6. The van der Waals surface area contributed by atoms with E-state index >= 15 is 0 Å². The molecule has 0 atom stereocenters. The third-order valence-corrected chi connectivity index (χ3v) is 5.51. The molecule has 1 heterocycles. The molecule has 0 aromatic carbocycles. The summed E-state index contributed by atoms with van der Waals surface area (Å²) >= 11 is 28.1. The third kappa shape index (κ3) is 4.51. The van der Waals surface area contributed by atoms with Crippen LogP contribution in [0.5, 0.6) is 0 Å².